The van der Waals surface area contributed by atoms with E-state index in [1.54, 1.807) is 0 Å². The molecule has 12 heavy (non-hydrogen) atoms. The highest BCUT2D eigenvalue weighted by Crippen LogP contribution is 2.08. The summed E-state index contributed by atoms with van der Waals surface area (Å²) in [4.78, 5) is 31.8. The third-order valence-corrected chi connectivity index (χ3v) is 1.71. The summed E-state index contributed by atoms with van der Waals surface area (Å²) in [5.41, 5.74) is 0. The Balaban J connectivity index is 2.43. The van der Waals surface area contributed by atoms with E-state index in [-0.39, 0.29) is 5.91 Å². The number of Topliss-reactive ketones (excluding diaryl/α,β-unsaturated/α-hetero) is 1. The highest BCUT2D eigenvalue weighted by atomic mass is 16.4. The zero-order chi connectivity index (χ0) is 9.14. The van der Waals surface area contributed by atoms with Gasteiger partial charge >= 0.3 is 5.97 Å². The van der Waals surface area contributed by atoms with E-state index in [4.69, 9.17) is 5.11 Å². The van der Waals surface area contributed by atoms with E-state index in [0.29, 0.717) is 12.8 Å². The summed E-state index contributed by atoms with van der Waals surface area (Å²) in [6.45, 7) is 0. The van der Waals surface area contributed by atoms with Gasteiger partial charge in [-0.15, -0.1) is 0 Å². The number of hydrogen-bond acceptors (Lipinski definition) is 3. The Hall–Kier alpha value is -1.39. The van der Waals surface area contributed by atoms with Gasteiger partial charge in [0.25, 0.3) is 0 Å². The largest absolute Gasteiger partial charge is 0.481 e. The van der Waals surface area contributed by atoms with E-state index in [1.807, 2.05) is 0 Å². The van der Waals surface area contributed by atoms with Gasteiger partial charge in [-0.1, -0.05) is 0 Å². The molecule has 0 spiro atoms. The smallest absolute Gasteiger partial charge is 0.310 e. The third kappa shape index (κ3) is 2.05. The lowest BCUT2D eigenvalue weighted by Gasteiger charge is -2.05. The van der Waals surface area contributed by atoms with Crippen LogP contribution in [0.15, 0.2) is 0 Å². The maximum Gasteiger partial charge on any atom is 0.310 e. The fourth-order valence-electron chi connectivity index (χ4n) is 1.13. The van der Waals surface area contributed by atoms with Gasteiger partial charge in [0, 0.05) is 6.42 Å². The van der Waals surface area contributed by atoms with Gasteiger partial charge in [0.05, 0.1) is 6.04 Å². The monoisotopic (exact) mass is 171 g/mol. The standard InChI is InChI=1S/C7H9NO4/c9-5(3-7(11)12)4-1-2-6(10)8-4/h4H,1-3H2,(H,8,10)(H,11,12)/t4-/m0/s1. The molecule has 1 atom stereocenters. The van der Waals surface area contributed by atoms with Gasteiger partial charge in [0.1, 0.15) is 6.42 Å². The van der Waals surface area contributed by atoms with Gasteiger partial charge in [-0.05, 0) is 6.42 Å². The van der Waals surface area contributed by atoms with E-state index in [9.17, 15) is 14.4 Å². The summed E-state index contributed by atoms with van der Waals surface area (Å²) in [5, 5.41) is 10.7. The van der Waals surface area contributed by atoms with Gasteiger partial charge in [-0.3, -0.25) is 14.4 Å². The number of aliphatic carboxylic acids is 1. The van der Waals surface area contributed by atoms with Gasteiger partial charge in [-0.2, -0.15) is 0 Å². The summed E-state index contributed by atoms with van der Waals surface area (Å²) in [6.07, 6.45) is 0.228. The molecule has 5 heteroatoms. The van der Waals surface area contributed by atoms with E-state index in [0.717, 1.165) is 0 Å². The average molecular weight is 171 g/mol. The van der Waals surface area contributed by atoms with Crippen molar-refractivity contribution in [3.8, 4) is 0 Å². The second-order valence-corrected chi connectivity index (χ2v) is 2.70. The van der Waals surface area contributed by atoms with Crippen molar-refractivity contribution >= 4 is 17.7 Å². The maximum absolute atomic E-state index is 11.0. The summed E-state index contributed by atoms with van der Waals surface area (Å²) in [6, 6.07) is -0.575. The van der Waals surface area contributed by atoms with Crippen LogP contribution in [0, 0.1) is 0 Å². The Labute approximate surface area is 68.8 Å². The Morgan fingerprint density at radius 2 is 2.25 bits per heavy atom. The molecule has 5 nitrogen and oxygen atoms in total. The second-order valence-electron chi connectivity index (χ2n) is 2.70. The predicted molar refractivity (Wildman–Crippen MR) is 38.4 cm³/mol. The molecule has 1 rings (SSSR count). The topological polar surface area (TPSA) is 83.5 Å². The van der Waals surface area contributed by atoms with Crippen LogP contribution in [-0.4, -0.2) is 28.8 Å². The minimum absolute atomic E-state index is 0.182. The highest BCUT2D eigenvalue weighted by molar-refractivity contribution is 6.00. The number of carboxylic acids is 1. The molecule has 1 amide bonds. The molecule has 2 N–H and O–H groups in total. The van der Waals surface area contributed by atoms with Crippen molar-refractivity contribution in [3.63, 3.8) is 0 Å². The number of amides is 1. The first kappa shape index (κ1) is 8.70. The molecule has 1 saturated heterocycles. The maximum atomic E-state index is 11.0. The molecule has 0 radical (unpaired) electrons. The SMILES string of the molecule is O=C(O)CC(=O)[C@@H]1CCC(=O)N1. The summed E-state index contributed by atoms with van der Waals surface area (Å²) >= 11 is 0. The number of carbonyl (C=O) groups excluding carboxylic acids is 2. The third-order valence-electron chi connectivity index (χ3n) is 1.71. The zero-order valence-electron chi connectivity index (χ0n) is 6.37. The van der Waals surface area contributed by atoms with Gasteiger partial charge < -0.3 is 10.4 Å². The molecule has 0 unspecified atom stereocenters. The molecule has 1 aliphatic heterocycles. The van der Waals surface area contributed by atoms with Crippen molar-refractivity contribution in [3.05, 3.63) is 0 Å². The number of nitrogens with one attached hydrogen (secondary N) is 1. The first-order chi connectivity index (χ1) is 5.59. The van der Waals surface area contributed by atoms with E-state index >= 15 is 0 Å². The van der Waals surface area contributed by atoms with Crippen LogP contribution >= 0.6 is 0 Å². The van der Waals surface area contributed by atoms with Crippen LogP contribution < -0.4 is 5.32 Å². The number of carboxylic acid groups (broad SMARTS) is 1. The predicted octanol–water partition coefficient (Wildman–Crippen LogP) is -0.691. The normalized spacial score (nSPS) is 22.0. The summed E-state index contributed by atoms with van der Waals surface area (Å²) in [7, 11) is 0. The molecule has 1 aliphatic rings. The second kappa shape index (κ2) is 3.34. The fraction of sp³-hybridized carbons (Fsp3) is 0.571. The zero-order valence-corrected chi connectivity index (χ0v) is 6.37. The first-order valence-electron chi connectivity index (χ1n) is 3.63. The number of ketones is 1. The number of hydrogen-bond donors (Lipinski definition) is 2. The molecule has 0 aromatic heterocycles. The van der Waals surface area contributed by atoms with Crippen molar-refractivity contribution in [2.75, 3.05) is 0 Å². The van der Waals surface area contributed by atoms with Gasteiger partial charge in [-0.25, -0.2) is 0 Å². The van der Waals surface area contributed by atoms with Crippen LogP contribution in [0.25, 0.3) is 0 Å². The lowest BCUT2D eigenvalue weighted by Crippen LogP contribution is -2.34. The van der Waals surface area contributed by atoms with Gasteiger partial charge in [0.15, 0.2) is 5.78 Å². The summed E-state index contributed by atoms with van der Waals surface area (Å²) in [5.74, 6) is -1.76. The number of carbonyl (C=O) groups is 3. The van der Waals surface area contributed by atoms with Gasteiger partial charge in [0.2, 0.25) is 5.91 Å². The minimum atomic E-state index is -1.15. The van der Waals surface area contributed by atoms with Crippen molar-refractivity contribution < 1.29 is 19.5 Å². The highest BCUT2D eigenvalue weighted by Gasteiger charge is 2.27. The molecule has 0 aromatic carbocycles. The van der Waals surface area contributed by atoms with Crippen LogP contribution in [0.2, 0.25) is 0 Å². The van der Waals surface area contributed by atoms with Crippen molar-refractivity contribution in [1.82, 2.24) is 5.32 Å². The van der Waals surface area contributed by atoms with Crippen molar-refractivity contribution in [2.24, 2.45) is 0 Å². The molecule has 0 aromatic rings. The lowest BCUT2D eigenvalue weighted by atomic mass is 10.1. The quantitative estimate of drug-likeness (QED) is 0.550. The molecule has 1 fully saturated rings. The average Bonchev–Trinajstić information content (AvgIpc) is 2.34. The Morgan fingerprint density at radius 3 is 2.67 bits per heavy atom. The molecule has 66 valence electrons. The van der Waals surface area contributed by atoms with Crippen LogP contribution in [0.4, 0.5) is 0 Å². The van der Waals surface area contributed by atoms with E-state index in [2.05, 4.69) is 5.32 Å². The molecular formula is C7H9NO4. The Morgan fingerprint density at radius 1 is 1.58 bits per heavy atom. The summed E-state index contributed by atoms with van der Waals surface area (Å²) < 4.78 is 0. The first-order valence-corrected chi connectivity index (χ1v) is 3.63. The van der Waals surface area contributed by atoms with E-state index in [1.165, 1.54) is 0 Å². The van der Waals surface area contributed by atoms with Crippen molar-refractivity contribution in [1.29, 1.82) is 0 Å². The Bertz CT molecular complexity index is 236. The van der Waals surface area contributed by atoms with E-state index < -0.39 is 24.2 Å². The van der Waals surface area contributed by atoms with Crippen LogP contribution in [0.1, 0.15) is 19.3 Å². The Kier molecular flexibility index (Phi) is 2.42. The van der Waals surface area contributed by atoms with Crippen LogP contribution in [-0.2, 0) is 14.4 Å². The van der Waals surface area contributed by atoms with Crippen molar-refractivity contribution in [2.45, 2.75) is 25.3 Å². The number of rotatable bonds is 3. The lowest BCUT2D eigenvalue weighted by molar-refractivity contribution is -0.141. The molecule has 1 heterocycles. The van der Waals surface area contributed by atoms with Crippen LogP contribution in [0.5, 0.6) is 0 Å². The van der Waals surface area contributed by atoms with Crippen LogP contribution in [0.3, 0.4) is 0 Å². The molecule has 0 saturated carbocycles. The molecule has 0 bridgehead atoms. The minimum Gasteiger partial charge on any atom is -0.481 e. The molecule has 0 aliphatic carbocycles. The fourth-order valence-corrected chi connectivity index (χ4v) is 1.13. The molecular weight excluding hydrogens is 162 g/mol.